The molecule has 2 rings (SSSR count). The molecule has 1 heterocycles. The molecule has 0 fully saturated rings. The number of aromatic nitrogens is 1. The Hall–Kier alpha value is -2.23. The first-order chi connectivity index (χ1) is 10.3. The van der Waals surface area contributed by atoms with Gasteiger partial charge < -0.3 is 15.4 Å². The smallest absolute Gasteiger partial charge is 0.171 e. The second-order valence-electron chi connectivity index (χ2n) is 4.89. The van der Waals surface area contributed by atoms with Crippen molar-refractivity contribution in [3.63, 3.8) is 0 Å². The molecule has 0 aliphatic rings. The normalized spacial score (nSPS) is 10.4. The van der Waals surface area contributed by atoms with E-state index in [1.165, 1.54) is 0 Å². The number of nitrogens with zero attached hydrogens (tertiary/aromatic N) is 2. The highest BCUT2D eigenvalue weighted by atomic mass is 16.5. The summed E-state index contributed by atoms with van der Waals surface area (Å²) in [7, 11) is 0. The van der Waals surface area contributed by atoms with Gasteiger partial charge in [-0.2, -0.15) is 0 Å². The first kappa shape index (κ1) is 15.2. The minimum Gasteiger partial charge on any atom is -0.490 e. The van der Waals surface area contributed by atoms with Crippen molar-refractivity contribution in [2.45, 2.75) is 26.8 Å². The summed E-state index contributed by atoms with van der Waals surface area (Å²) in [5.41, 5.74) is 7.95. The molecule has 1 aromatic carbocycles. The summed E-state index contributed by atoms with van der Waals surface area (Å²) in [5, 5.41) is 0. The summed E-state index contributed by atoms with van der Waals surface area (Å²) >= 11 is 0. The summed E-state index contributed by atoms with van der Waals surface area (Å²) in [6.07, 6.45) is 2.78. The molecule has 0 saturated heterocycles. The van der Waals surface area contributed by atoms with E-state index in [0.717, 1.165) is 42.3 Å². The largest absolute Gasteiger partial charge is 0.490 e. The van der Waals surface area contributed by atoms with E-state index >= 15 is 0 Å². The highest BCUT2D eigenvalue weighted by molar-refractivity contribution is 5.55. The first-order valence-electron chi connectivity index (χ1n) is 7.42. The Morgan fingerprint density at radius 3 is 2.67 bits per heavy atom. The number of para-hydroxylation sites is 1. The maximum absolute atomic E-state index is 6.04. The lowest BCUT2D eigenvalue weighted by molar-refractivity contribution is 0.316. The number of rotatable bonds is 7. The van der Waals surface area contributed by atoms with Crippen molar-refractivity contribution >= 4 is 11.5 Å². The van der Waals surface area contributed by atoms with Gasteiger partial charge in [-0.3, -0.25) is 0 Å². The Bertz CT molecular complexity index is 571. The number of pyridine rings is 1. The quantitative estimate of drug-likeness (QED) is 0.791. The molecule has 21 heavy (non-hydrogen) atoms. The number of benzene rings is 1. The molecule has 0 unspecified atom stereocenters. The van der Waals surface area contributed by atoms with Crippen LogP contribution in [0.1, 0.15) is 25.8 Å². The summed E-state index contributed by atoms with van der Waals surface area (Å²) < 4.78 is 5.80. The van der Waals surface area contributed by atoms with Crippen molar-refractivity contribution in [1.82, 2.24) is 4.98 Å². The van der Waals surface area contributed by atoms with E-state index in [9.17, 15) is 0 Å². The molecular weight excluding hydrogens is 262 g/mol. The van der Waals surface area contributed by atoms with Gasteiger partial charge in [0.2, 0.25) is 0 Å². The SMILES string of the molecule is CCCOc1cccnc1N(CC)Cc1ccccc1N. The maximum atomic E-state index is 6.04. The Balaban J connectivity index is 2.23. The third-order valence-electron chi connectivity index (χ3n) is 3.31. The monoisotopic (exact) mass is 285 g/mol. The third-order valence-corrected chi connectivity index (χ3v) is 3.31. The van der Waals surface area contributed by atoms with E-state index in [4.69, 9.17) is 10.5 Å². The van der Waals surface area contributed by atoms with Crippen LogP contribution in [0.4, 0.5) is 11.5 Å². The van der Waals surface area contributed by atoms with E-state index in [2.05, 4.69) is 23.7 Å². The van der Waals surface area contributed by atoms with Crippen molar-refractivity contribution in [2.24, 2.45) is 0 Å². The van der Waals surface area contributed by atoms with Crippen LogP contribution in [0.15, 0.2) is 42.6 Å². The van der Waals surface area contributed by atoms with Crippen molar-refractivity contribution in [2.75, 3.05) is 23.8 Å². The predicted molar refractivity (Wildman–Crippen MR) is 87.6 cm³/mol. The fourth-order valence-corrected chi connectivity index (χ4v) is 2.16. The molecule has 0 aliphatic heterocycles. The highest BCUT2D eigenvalue weighted by Crippen LogP contribution is 2.27. The minimum atomic E-state index is 0.698. The number of nitrogen functional groups attached to an aromatic ring is 1. The number of hydrogen-bond acceptors (Lipinski definition) is 4. The van der Waals surface area contributed by atoms with Crippen molar-refractivity contribution < 1.29 is 4.74 Å². The number of nitrogens with two attached hydrogens (primary N) is 1. The van der Waals surface area contributed by atoms with Gasteiger partial charge in [0.25, 0.3) is 0 Å². The van der Waals surface area contributed by atoms with Gasteiger partial charge in [-0.25, -0.2) is 4.98 Å². The lowest BCUT2D eigenvalue weighted by Gasteiger charge is -2.24. The number of anilines is 2. The van der Waals surface area contributed by atoms with Crippen LogP contribution in [-0.4, -0.2) is 18.1 Å². The summed E-state index contributed by atoms with van der Waals surface area (Å²) in [5.74, 6) is 1.70. The summed E-state index contributed by atoms with van der Waals surface area (Å²) in [4.78, 5) is 6.67. The standard InChI is InChI=1S/C17H23N3O/c1-3-12-21-16-10-7-11-19-17(16)20(4-2)13-14-8-5-6-9-15(14)18/h5-11H,3-4,12-13,18H2,1-2H3. The van der Waals surface area contributed by atoms with Gasteiger partial charge in [0.1, 0.15) is 0 Å². The molecule has 4 heteroatoms. The van der Waals surface area contributed by atoms with E-state index in [1.807, 2.05) is 36.4 Å². The molecular formula is C17H23N3O. The molecule has 112 valence electrons. The van der Waals surface area contributed by atoms with Crippen LogP contribution in [0.2, 0.25) is 0 Å². The molecule has 0 atom stereocenters. The van der Waals surface area contributed by atoms with Gasteiger partial charge in [0, 0.05) is 25.0 Å². The Kier molecular flexibility index (Phi) is 5.43. The van der Waals surface area contributed by atoms with Gasteiger partial charge in [-0.1, -0.05) is 25.1 Å². The Labute approximate surface area is 126 Å². The molecule has 4 nitrogen and oxygen atoms in total. The van der Waals surface area contributed by atoms with Crippen LogP contribution in [-0.2, 0) is 6.54 Å². The van der Waals surface area contributed by atoms with Gasteiger partial charge in [0.15, 0.2) is 11.6 Å². The Morgan fingerprint density at radius 2 is 1.95 bits per heavy atom. The molecule has 0 radical (unpaired) electrons. The molecule has 0 spiro atoms. The van der Waals surface area contributed by atoms with Crippen LogP contribution in [0, 0.1) is 0 Å². The number of ether oxygens (including phenoxy) is 1. The zero-order chi connectivity index (χ0) is 15.1. The highest BCUT2D eigenvalue weighted by Gasteiger charge is 2.13. The van der Waals surface area contributed by atoms with Crippen LogP contribution in [0.5, 0.6) is 5.75 Å². The van der Waals surface area contributed by atoms with Crippen molar-refractivity contribution in [3.8, 4) is 5.75 Å². The molecule has 1 aromatic heterocycles. The third kappa shape index (κ3) is 3.88. The Morgan fingerprint density at radius 1 is 1.14 bits per heavy atom. The van der Waals surface area contributed by atoms with Crippen LogP contribution >= 0.6 is 0 Å². The number of hydrogen-bond donors (Lipinski definition) is 1. The molecule has 0 aliphatic carbocycles. The second kappa shape index (κ2) is 7.53. The van der Waals surface area contributed by atoms with Gasteiger partial charge in [-0.05, 0) is 37.1 Å². The van der Waals surface area contributed by atoms with E-state index < -0.39 is 0 Å². The van der Waals surface area contributed by atoms with Crippen molar-refractivity contribution in [1.29, 1.82) is 0 Å². The van der Waals surface area contributed by atoms with Gasteiger partial charge in [0.05, 0.1) is 6.61 Å². The summed E-state index contributed by atoms with van der Waals surface area (Å²) in [6, 6.07) is 11.8. The first-order valence-corrected chi connectivity index (χ1v) is 7.42. The van der Waals surface area contributed by atoms with Crippen molar-refractivity contribution in [3.05, 3.63) is 48.2 Å². The predicted octanol–water partition coefficient (Wildman–Crippen LogP) is 3.48. The zero-order valence-corrected chi connectivity index (χ0v) is 12.7. The van der Waals surface area contributed by atoms with Gasteiger partial charge >= 0.3 is 0 Å². The molecule has 2 aromatic rings. The lowest BCUT2D eigenvalue weighted by atomic mass is 10.1. The average Bonchev–Trinajstić information content (AvgIpc) is 2.52. The lowest BCUT2D eigenvalue weighted by Crippen LogP contribution is -2.24. The topological polar surface area (TPSA) is 51.4 Å². The van der Waals surface area contributed by atoms with E-state index in [1.54, 1.807) is 6.20 Å². The maximum Gasteiger partial charge on any atom is 0.171 e. The fourth-order valence-electron chi connectivity index (χ4n) is 2.16. The second-order valence-corrected chi connectivity index (χ2v) is 4.89. The zero-order valence-electron chi connectivity index (χ0n) is 12.7. The molecule has 0 bridgehead atoms. The van der Waals surface area contributed by atoms with Crippen LogP contribution in [0.3, 0.4) is 0 Å². The van der Waals surface area contributed by atoms with E-state index in [0.29, 0.717) is 6.61 Å². The molecule has 2 N–H and O–H groups in total. The van der Waals surface area contributed by atoms with Crippen LogP contribution in [0.25, 0.3) is 0 Å². The molecule has 0 saturated carbocycles. The summed E-state index contributed by atoms with van der Waals surface area (Å²) in [6.45, 7) is 6.47. The minimum absolute atomic E-state index is 0.698. The fraction of sp³-hybridized carbons (Fsp3) is 0.353. The average molecular weight is 285 g/mol. The van der Waals surface area contributed by atoms with Gasteiger partial charge in [-0.15, -0.1) is 0 Å². The molecule has 0 amide bonds. The van der Waals surface area contributed by atoms with E-state index in [-0.39, 0.29) is 0 Å². The van der Waals surface area contributed by atoms with Crippen LogP contribution < -0.4 is 15.4 Å².